The Hall–Kier alpha value is -0.510. The van der Waals surface area contributed by atoms with Crippen molar-refractivity contribution in [3.8, 4) is 0 Å². The van der Waals surface area contributed by atoms with E-state index in [2.05, 4.69) is 18.2 Å². The highest BCUT2D eigenvalue weighted by molar-refractivity contribution is 6.28. The molecule has 0 heterocycles. The number of halogens is 5. The molecule has 0 aromatic carbocycles. The molecule has 54 valence electrons. The van der Waals surface area contributed by atoms with Gasteiger partial charge in [-0.2, -0.15) is 13.2 Å². The van der Waals surface area contributed by atoms with Crippen molar-refractivity contribution in [2.24, 2.45) is 0 Å². The molecule has 0 aliphatic rings. The van der Waals surface area contributed by atoms with Gasteiger partial charge in [-0.05, 0) is 11.6 Å². The second kappa shape index (κ2) is 7.49. The zero-order chi connectivity index (χ0) is 7.86. The quantitative estimate of drug-likeness (QED) is 0.479. The van der Waals surface area contributed by atoms with E-state index in [0.29, 0.717) is 0 Å². The van der Waals surface area contributed by atoms with Crippen molar-refractivity contribution >= 4 is 11.6 Å². The molecule has 0 bridgehead atoms. The van der Waals surface area contributed by atoms with Crippen molar-refractivity contribution in [2.45, 2.75) is 0 Å². The van der Waals surface area contributed by atoms with Gasteiger partial charge in [0.1, 0.15) is 0 Å². The predicted molar refractivity (Wildman–Crippen MR) is 27.5 cm³/mol. The average Bonchev–Trinajstić information content (AvgIpc) is 1.68. The molecule has 0 aliphatic carbocycles. The minimum atomic E-state index is -2.48. The third-order valence-corrected chi connectivity index (χ3v) is 0.286. The van der Waals surface area contributed by atoms with Crippen LogP contribution in [-0.4, -0.2) is 0 Å². The summed E-state index contributed by atoms with van der Waals surface area (Å²) in [5.74, 6) is 0. The molecule has 0 atom stereocenters. The molecule has 0 fully saturated rings. The van der Waals surface area contributed by atoms with Crippen LogP contribution in [0.3, 0.4) is 0 Å². The van der Waals surface area contributed by atoms with Crippen LogP contribution in [0.5, 0.6) is 0 Å². The summed E-state index contributed by atoms with van der Waals surface area (Å²) < 4.78 is 41.8. The first-order chi connectivity index (χ1) is 4.06. The minimum absolute atomic E-state index is 0.250. The van der Waals surface area contributed by atoms with E-state index < -0.39 is 11.4 Å². The molecule has 0 N–H and O–H groups in total. The normalized spacial score (nSPS) is 6.78. The van der Waals surface area contributed by atoms with Crippen LogP contribution in [0.15, 0.2) is 24.3 Å². The van der Waals surface area contributed by atoms with Gasteiger partial charge in [0, 0.05) is 0 Å². The van der Waals surface area contributed by atoms with Crippen LogP contribution in [0.1, 0.15) is 0 Å². The van der Waals surface area contributed by atoms with Gasteiger partial charge in [0.05, 0.1) is 6.33 Å². The van der Waals surface area contributed by atoms with Crippen molar-refractivity contribution in [3.05, 3.63) is 24.3 Å². The predicted octanol–water partition coefficient (Wildman–Crippen LogP) is 3.36. The molecule has 0 aromatic rings. The number of hydrogen-bond acceptors (Lipinski definition) is 0. The topological polar surface area (TPSA) is 0 Å². The molecular weight excluding hydrogens is 159 g/mol. The SMILES string of the molecule is C=CF.FC(F)=C(F)Cl. The van der Waals surface area contributed by atoms with E-state index in [-0.39, 0.29) is 6.33 Å². The Morgan fingerprint density at radius 1 is 1.33 bits per heavy atom. The standard InChI is InChI=1S/C2ClF3.C2H3F/c3-1(4)2(5)6;1-2-3/h;2H,1H2. The van der Waals surface area contributed by atoms with E-state index in [0.717, 1.165) is 0 Å². The molecule has 0 rings (SSSR count). The van der Waals surface area contributed by atoms with Gasteiger partial charge >= 0.3 is 6.08 Å². The lowest BCUT2D eigenvalue weighted by atomic mass is 11.1. The first-order valence-corrected chi connectivity index (χ1v) is 2.01. The van der Waals surface area contributed by atoms with Crippen LogP contribution in [0.4, 0.5) is 17.6 Å². The molecule has 9 heavy (non-hydrogen) atoms. The van der Waals surface area contributed by atoms with Crippen LogP contribution in [0.25, 0.3) is 0 Å². The Labute approximate surface area is 54.4 Å². The van der Waals surface area contributed by atoms with E-state index >= 15 is 0 Å². The van der Waals surface area contributed by atoms with Gasteiger partial charge in [0.25, 0.3) is 5.29 Å². The van der Waals surface area contributed by atoms with E-state index in [9.17, 15) is 17.6 Å². The third kappa shape index (κ3) is 18.5. The maximum atomic E-state index is 10.7. The first-order valence-electron chi connectivity index (χ1n) is 1.63. The maximum absolute atomic E-state index is 10.7. The Morgan fingerprint density at radius 2 is 1.44 bits per heavy atom. The van der Waals surface area contributed by atoms with Gasteiger partial charge in [0.15, 0.2) is 0 Å². The summed E-state index contributed by atoms with van der Waals surface area (Å²) in [6, 6.07) is 0. The van der Waals surface area contributed by atoms with Gasteiger partial charge in [-0.25, -0.2) is 4.39 Å². The van der Waals surface area contributed by atoms with E-state index in [4.69, 9.17) is 0 Å². The molecule has 0 spiro atoms. The smallest absolute Gasteiger partial charge is 0.216 e. The first kappa shape index (κ1) is 11.3. The fourth-order valence-electron chi connectivity index (χ4n) is 0. The number of rotatable bonds is 0. The fourth-order valence-corrected chi connectivity index (χ4v) is 0. The van der Waals surface area contributed by atoms with Crippen molar-refractivity contribution in [1.29, 1.82) is 0 Å². The van der Waals surface area contributed by atoms with Gasteiger partial charge in [0.2, 0.25) is 0 Å². The number of hydrogen-bond donors (Lipinski definition) is 0. The molecule has 0 nitrogen and oxygen atoms in total. The van der Waals surface area contributed by atoms with Gasteiger partial charge in [-0.3, -0.25) is 0 Å². The molecule has 0 radical (unpaired) electrons. The summed E-state index contributed by atoms with van der Waals surface area (Å²) in [6.07, 6.45) is -2.23. The zero-order valence-corrected chi connectivity index (χ0v) is 4.93. The summed E-state index contributed by atoms with van der Waals surface area (Å²) in [7, 11) is 0. The lowest BCUT2D eigenvalue weighted by Gasteiger charge is -1.70. The van der Waals surface area contributed by atoms with Gasteiger partial charge in [-0.15, -0.1) is 0 Å². The van der Waals surface area contributed by atoms with Crippen LogP contribution in [0, 0.1) is 0 Å². The van der Waals surface area contributed by atoms with Gasteiger partial charge in [-0.1, -0.05) is 6.58 Å². The summed E-state index contributed by atoms with van der Waals surface area (Å²) in [4.78, 5) is 0. The summed E-state index contributed by atoms with van der Waals surface area (Å²) in [5.41, 5.74) is 0. The minimum Gasteiger partial charge on any atom is -0.216 e. The molecule has 0 amide bonds. The average molecular weight is 163 g/mol. The second-order valence-electron chi connectivity index (χ2n) is 0.675. The van der Waals surface area contributed by atoms with Crippen molar-refractivity contribution < 1.29 is 17.6 Å². The second-order valence-corrected chi connectivity index (χ2v) is 1.01. The van der Waals surface area contributed by atoms with E-state index in [1.807, 2.05) is 0 Å². The Morgan fingerprint density at radius 3 is 1.44 bits per heavy atom. The fraction of sp³-hybridized carbons (Fsp3) is 0. The Kier molecular flexibility index (Phi) is 9.41. The van der Waals surface area contributed by atoms with Crippen LogP contribution >= 0.6 is 11.6 Å². The lowest BCUT2D eigenvalue weighted by Crippen LogP contribution is -1.54. The Balaban J connectivity index is 0. The monoisotopic (exact) mass is 162 g/mol. The van der Waals surface area contributed by atoms with Crippen LogP contribution in [0.2, 0.25) is 0 Å². The largest absolute Gasteiger partial charge is 0.317 e. The maximum Gasteiger partial charge on any atom is 0.317 e. The van der Waals surface area contributed by atoms with E-state index in [1.165, 1.54) is 0 Å². The molecule has 0 saturated carbocycles. The van der Waals surface area contributed by atoms with Crippen LogP contribution < -0.4 is 0 Å². The zero-order valence-electron chi connectivity index (χ0n) is 4.17. The Bertz CT molecular complexity index is 91.1. The van der Waals surface area contributed by atoms with E-state index in [1.54, 1.807) is 0 Å². The summed E-state index contributed by atoms with van der Waals surface area (Å²) >= 11 is 4.08. The molecule has 0 aromatic heterocycles. The molecule has 5 heteroatoms. The summed E-state index contributed by atoms with van der Waals surface area (Å²) in [5, 5.41) is -1.94. The molecule has 0 aliphatic heterocycles. The molecular formula is C4H3ClF4. The lowest BCUT2D eigenvalue weighted by molar-refractivity contribution is 0.393. The van der Waals surface area contributed by atoms with Gasteiger partial charge < -0.3 is 0 Å². The highest BCUT2D eigenvalue weighted by atomic mass is 35.5. The highest BCUT2D eigenvalue weighted by Gasteiger charge is 1.95. The van der Waals surface area contributed by atoms with Crippen LogP contribution in [-0.2, 0) is 0 Å². The third-order valence-electron chi connectivity index (χ3n) is 0.143. The molecule has 0 unspecified atom stereocenters. The summed E-state index contributed by atoms with van der Waals surface area (Å²) in [6.45, 7) is 2.69. The van der Waals surface area contributed by atoms with Crippen molar-refractivity contribution in [2.75, 3.05) is 0 Å². The van der Waals surface area contributed by atoms with Crippen molar-refractivity contribution in [3.63, 3.8) is 0 Å². The van der Waals surface area contributed by atoms with Crippen molar-refractivity contribution in [1.82, 2.24) is 0 Å². The highest BCUT2D eigenvalue weighted by Crippen LogP contribution is 2.11. The molecule has 0 saturated heterocycles.